The maximum absolute atomic E-state index is 13.1. The van der Waals surface area contributed by atoms with Gasteiger partial charge in [0.1, 0.15) is 17.5 Å². The third kappa shape index (κ3) is 8.92. The molecule has 10 heteroatoms. The van der Waals surface area contributed by atoms with Gasteiger partial charge < -0.3 is 24.6 Å². The fourth-order valence-corrected chi connectivity index (χ4v) is 7.47. The number of hydrogen-bond donors (Lipinski definition) is 2. The standard InChI is InChI=1S/C40H43NO8S/c1-27(49-39(46)37-28(2)35(47-3)24-34(43)32(37)25-42)16-14-15-23-36(44)41-33(38(45)48-4)26-50-40(29-17-8-5-9-18-29,30-19-10-6-11-20-30)31-21-12-7-13-22-31/h5-13,17-22,24-25,27,33,43H,14-16,23,26H2,1-4H3,(H,41,44)/t27?,33-/m0/s1. The zero-order valence-electron chi connectivity index (χ0n) is 28.7. The number of thioether (sulfide) groups is 1. The second-order valence-electron chi connectivity index (χ2n) is 11.8. The number of phenols is 1. The Balaban J connectivity index is 1.40. The van der Waals surface area contributed by atoms with Crippen LogP contribution in [0.25, 0.3) is 0 Å². The third-order valence-corrected chi connectivity index (χ3v) is 10.1. The van der Waals surface area contributed by atoms with Gasteiger partial charge in [-0.2, -0.15) is 0 Å². The van der Waals surface area contributed by atoms with Crippen molar-refractivity contribution in [3.63, 3.8) is 0 Å². The van der Waals surface area contributed by atoms with Gasteiger partial charge in [0.15, 0.2) is 6.29 Å². The number of carbonyl (C=O) groups excluding carboxylic acids is 4. The van der Waals surface area contributed by atoms with Crippen LogP contribution in [0.2, 0.25) is 0 Å². The first kappa shape index (κ1) is 37.7. The molecule has 0 heterocycles. The van der Waals surface area contributed by atoms with E-state index in [4.69, 9.17) is 14.2 Å². The van der Waals surface area contributed by atoms with Crippen molar-refractivity contribution < 1.29 is 38.5 Å². The summed E-state index contributed by atoms with van der Waals surface area (Å²) in [5.41, 5.74) is 3.27. The summed E-state index contributed by atoms with van der Waals surface area (Å²) in [7, 11) is 2.70. The molecule has 0 aliphatic carbocycles. The number of esters is 2. The normalized spacial score (nSPS) is 12.3. The molecule has 0 saturated heterocycles. The largest absolute Gasteiger partial charge is 0.507 e. The van der Waals surface area contributed by atoms with Crippen LogP contribution in [-0.4, -0.2) is 61.4 Å². The van der Waals surface area contributed by atoms with Crippen LogP contribution >= 0.6 is 11.8 Å². The van der Waals surface area contributed by atoms with Crippen LogP contribution < -0.4 is 10.1 Å². The van der Waals surface area contributed by atoms with E-state index in [9.17, 15) is 24.3 Å². The van der Waals surface area contributed by atoms with E-state index in [2.05, 4.69) is 41.7 Å². The van der Waals surface area contributed by atoms with Crippen molar-refractivity contribution in [2.45, 2.75) is 56.4 Å². The van der Waals surface area contributed by atoms with E-state index in [-0.39, 0.29) is 40.7 Å². The molecule has 2 N–H and O–H groups in total. The Morgan fingerprint density at radius 2 is 1.42 bits per heavy atom. The Labute approximate surface area is 297 Å². The molecule has 262 valence electrons. The van der Waals surface area contributed by atoms with Gasteiger partial charge in [-0.3, -0.25) is 9.59 Å². The van der Waals surface area contributed by atoms with Crippen LogP contribution in [0.1, 0.15) is 75.6 Å². The maximum Gasteiger partial charge on any atom is 0.339 e. The summed E-state index contributed by atoms with van der Waals surface area (Å²) in [6.07, 6.45) is 1.52. The number of benzene rings is 4. The monoisotopic (exact) mass is 697 g/mol. The third-order valence-electron chi connectivity index (χ3n) is 8.50. The second-order valence-corrected chi connectivity index (χ2v) is 13.1. The molecule has 4 aromatic rings. The molecule has 0 spiro atoms. The number of amides is 1. The van der Waals surface area contributed by atoms with Crippen molar-refractivity contribution in [1.82, 2.24) is 5.32 Å². The van der Waals surface area contributed by atoms with Crippen LogP contribution in [0.3, 0.4) is 0 Å². The number of carbonyl (C=O) groups is 4. The lowest BCUT2D eigenvalue weighted by molar-refractivity contribution is -0.144. The Kier molecular flexibility index (Phi) is 13.6. The summed E-state index contributed by atoms with van der Waals surface area (Å²) in [6.45, 7) is 3.33. The number of hydrogen-bond acceptors (Lipinski definition) is 9. The lowest BCUT2D eigenvalue weighted by atomic mass is 9.84. The average Bonchev–Trinajstić information content (AvgIpc) is 3.14. The molecule has 0 radical (unpaired) electrons. The van der Waals surface area contributed by atoms with Gasteiger partial charge in [-0.15, -0.1) is 11.8 Å². The van der Waals surface area contributed by atoms with Crippen LogP contribution in [-0.2, 0) is 23.8 Å². The molecule has 1 unspecified atom stereocenters. The van der Waals surface area contributed by atoms with Gasteiger partial charge in [0.05, 0.1) is 36.2 Å². The molecule has 0 bridgehead atoms. The molecular formula is C40H43NO8S. The van der Waals surface area contributed by atoms with Gasteiger partial charge in [-0.1, -0.05) is 91.0 Å². The minimum absolute atomic E-state index is 0.0504. The molecule has 4 rings (SSSR count). The highest BCUT2D eigenvalue weighted by Gasteiger charge is 2.38. The molecule has 1 amide bonds. The first-order valence-corrected chi connectivity index (χ1v) is 17.4. The number of phenolic OH excluding ortho intramolecular Hbond substituents is 1. The minimum Gasteiger partial charge on any atom is -0.507 e. The molecule has 0 saturated carbocycles. The van der Waals surface area contributed by atoms with Crippen LogP contribution in [0, 0.1) is 6.92 Å². The number of nitrogens with one attached hydrogen (secondary N) is 1. The number of aldehydes is 1. The van der Waals surface area contributed by atoms with Gasteiger partial charge in [0.25, 0.3) is 0 Å². The van der Waals surface area contributed by atoms with Crippen molar-refractivity contribution in [3.05, 3.63) is 130 Å². The van der Waals surface area contributed by atoms with Gasteiger partial charge in [-0.25, -0.2) is 9.59 Å². The average molecular weight is 698 g/mol. The Hall–Kier alpha value is -5.09. The zero-order valence-corrected chi connectivity index (χ0v) is 29.5. The van der Waals surface area contributed by atoms with Crippen molar-refractivity contribution in [1.29, 1.82) is 0 Å². The summed E-state index contributed by atoms with van der Waals surface area (Å²) in [4.78, 5) is 50.7. The lowest BCUT2D eigenvalue weighted by Crippen LogP contribution is -2.44. The molecule has 0 fully saturated rings. The molecule has 0 aliphatic rings. The maximum atomic E-state index is 13.1. The first-order valence-electron chi connectivity index (χ1n) is 16.4. The predicted molar refractivity (Wildman–Crippen MR) is 194 cm³/mol. The van der Waals surface area contributed by atoms with Crippen LogP contribution in [0.15, 0.2) is 97.1 Å². The number of rotatable bonds is 17. The molecule has 0 aromatic heterocycles. The molecular weight excluding hydrogens is 655 g/mol. The summed E-state index contributed by atoms with van der Waals surface area (Å²) in [5, 5.41) is 13.1. The van der Waals surface area contributed by atoms with Crippen LogP contribution in [0.5, 0.6) is 11.5 Å². The first-order chi connectivity index (χ1) is 24.2. The zero-order chi connectivity index (χ0) is 36.1. The minimum atomic E-state index is -0.901. The summed E-state index contributed by atoms with van der Waals surface area (Å²) in [5.74, 6) is -1.46. The topological polar surface area (TPSA) is 128 Å². The van der Waals surface area contributed by atoms with Crippen molar-refractivity contribution in [2.24, 2.45) is 0 Å². The molecule has 0 aliphatic heterocycles. The summed E-state index contributed by atoms with van der Waals surface area (Å²) >= 11 is 1.56. The SMILES string of the molecule is COC(=O)[C@H](CSC(c1ccccc1)(c1ccccc1)c1ccccc1)NC(=O)CCCCC(C)OC(=O)c1c(C)c(OC)cc(O)c1C=O. The van der Waals surface area contributed by atoms with Crippen LogP contribution in [0.4, 0.5) is 0 Å². The van der Waals surface area contributed by atoms with E-state index >= 15 is 0 Å². The predicted octanol–water partition coefficient (Wildman–Crippen LogP) is 7.01. The van der Waals surface area contributed by atoms with Crippen molar-refractivity contribution >= 4 is 35.9 Å². The fourth-order valence-electron chi connectivity index (χ4n) is 5.93. The number of ether oxygens (including phenoxy) is 3. The smallest absolute Gasteiger partial charge is 0.339 e. The van der Waals surface area contributed by atoms with Gasteiger partial charge in [0, 0.05) is 23.8 Å². The van der Waals surface area contributed by atoms with Crippen molar-refractivity contribution in [3.8, 4) is 11.5 Å². The quantitative estimate of drug-likeness (QED) is 0.0518. The summed E-state index contributed by atoms with van der Waals surface area (Å²) in [6, 6.07) is 30.6. The lowest BCUT2D eigenvalue weighted by Gasteiger charge is -2.36. The van der Waals surface area contributed by atoms with E-state index < -0.39 is 28.8 Å². The second kappa shape index (κ2) is 18.1. The Morgan fingerprint density at radius 3 is 1.90 bits per heavy atom. The van der Waals surface area contributed by atoms with E-state index in [1.807, 2.05) is 54.6 Å². The molecule has 4 aromatic carbocycles. The highest BCUT2D eigenvalue weighted by molar-refractivity contribution is 8.00. The van der Waals surface area contributed by atoms with E-state index in [1.54, 1.807) is 25.6 Å². The van der Waals surface area contributed by atoms with E-state index in [1.165, 1.54) is 20.3 Å². The van der Waals surface area contributed by atoms with Gasteiger partial charge in [-0.05, 0) is 49.8 Å². The molecule has 9 nitrogen and oxygen atoms in total. The molecule has 2 atom stereocenters. The van der Waals surface area contributed by atoms with Gasteiger partial charge in [0.2, 0.25) is 5.91 Å². The molecule has 50 heavy (non-hydrogen) atoms. The summed E-state index contributed by atoms with van der Waals surface area (Å²) < 4.78 is 15.2. The highest BCUT2D eigenvalue weighted by atomic mass is 32.2. The fraction of sp³-hybridized carbons (Fsp3) is 0.300. The number of aromatic hydroxyl groups is 1. The Bertz CT molecular complexity index is 1650. The van der Waals surface area contributed by atoms with E-state index in [0.29, 0.717) is 31.1 Å². The Morgan fingerprint density at radius 1 is 0.880 bits per heavy atom. The number of methoxy groups -OCH3 is 2. The number of unbranched alkanes of at least 4 members (excludes halogenated alkanes) is 1. The highest BCUT2D eigenvalue weighted by Crippen LogP contribution is 2.48. The van der Waals surface area contributed by atoms with Crippen molar-refractivity contribution in [2.75, 3.05) is 20.0 Å². The van der Waals surface area contributed by atoms with Gasteiger partial charge >= 0.3 is 11.9 Å². The van der Waals surface area contributed by atoms with E-state index in [0.717, 1.165) is 16.7 Å².